The smallest absolute Gasteiger partial charge is 0.426 e. The van der Waals surface area contributed by atoms with E-state index in [0.29, 0.717) is 5.39 Å². The highest BCUT2D eigenvalue weighted by atomic mass is 32.2. The van der Waals surface area contributed by atoms with Gasteiger partial charge in [-0.3, -0.25) is 4.55 Å². The summed E-state index contributed by atoms with van der Waals surface area (Å²) in [6.45, 7) is -1.41. The number of fused-ring (bicyclic) bond motifs is 3. The van der Waals surface area contributed by atoms with E-state index < -0.39 is 52.0 Å². The van der Waals surface area contributed by atoms with Gasteiger partial charge in [-0.25, -0.2) is 4.79 Å². The minimum absolute atomic E-state index is 0.0515. The first-order valence-electron chi connectivity index (χ1n) is 9.03. The zero-order valence-electron chi connectivity index (χ0n) is 16.2. The second kappa shape index (κ2) is 8.15. The molecule has 0 spiro atoms. The summed E-state index contributed by atoms with van der Waals surface area (Å²) < 4.78 is 114. The van der Waals surface area contributed by atoms with Crippen molar-refractivity contribution < 1.29 is 54.0 Å². The second-order valence-corrected chi connectivity index (χ2v) is 8.43. The summed E-state index contributed by atoms with van der Waals surface area (Å²) in [5, 5.41) is 9.81. The average Bonchev–Trinajstić information content (AvgIpc) is 2.70. The number of carbonyl (C=O) groups is 1. The van der Waals surface area contributed by atoms with Gasteiger partial charge in [0.1, 0.15) is 4.90 Å². The molecule has 0 fully saturated rings. The Morgan fingerprint density at radius 1 is 0.879 bits per heavy atom. The summed E-state index contributed by atoms with van der Waals surface area (Å²) in [4.78, 5) is 12.0. The van der Waals surface area contributed by atoms with Gasteiger partial charge >= 0.3 is 18.3 Å². The summed E-state index contributed by atoms with van der Waals surface area (Å²) in [5.41, 5.74) is -5.35. The molecule has 2 N–H and O–H groups in total. The summed E-state index contributed by atoms with van der Waals surface area (Å²) in [6.07, 6.45) is -14.1. The number of carbonyl (C=O) groups excluding carboxylic acids is 1. The molecule has 0 bridgehead atoms. The van der Waals surface area contributed by atoms with Crippen LogP contribution in [0.1, 0.15) is 16.8 Å². The molecule has 0 aliphatic heterocycles. The Labute approximate surface area is 182 Å². The monoisotopic (exact) mass is 496 g/mol. The fraction of sp³-hybridized carbons (Fsp3) is 0.250. The Morgan fingerprint density at radius 3 is 2.06 bits per heavy atom. The number of aliphatic hydroxyl groups is 1. The molecule has 0 atom stereocenters. The maximum Gasteiger partial charge on any atom is 0.426 e. The number of benzene rings is 3. The van der Waals surface area contributed by atoms with E-state index in [4.69, 9.17) is 5.11 Å². The number of ether oxygens (including phenoxy) is 1. The third-order valence-corrected chi connectivity index (χ3v) is 5.89. The Morgan fingerprint density at radius 2 is 1.48 bits per heavy atom. The van der Waals surface area contributed by atoms with E-state index in [1.54, 1.807) is 0 Å². The third-order valence-electron chi connectivity index (χ3n) is 5.00. The lowest BCUT2D eigenvalue weighted by molar-refractivity contribution is -0.371. The first-order valence-corrected chi connectivity index (χ1v) is 10.5. The molecule has 0 aromatic heterocycles. The van der Waals surface area contributed by atoms with E-state index in [1.165, 1.54) is 42.5 Å². The normalized spacial score (nSPS) is 13.5. The molecule has 3 rings (SSSR count). The van der Waals surface area contributed by atoms with Gasteiger partial charge in [-0.05, 0) is 28.3 Å². The molecule has 178 valence electrons. The predicted molar refractivity (Wildman–Crippen MR) is 103 cm³/mol. The van der Waals surface area contributed by atoms with Crippen molar-refractivity contribution in [2.24, 2.45) is 0 Å². The first kappa shape index (κ1) is 24.7. The Kier molecular flexibility index (Phi) is 6.11. The van der Waals surface area contributed by atoms with Gasteiger partial charge < -0.3 is 9.84 Å². The van der Waals surface area contributed by atoms with Crippen molar-refractivity contribution in [3.63, 3.8) is 0 Å². The molecular formula is C20H14F6O6S. The lowest BCUT2D eigenvalue weighted by Gasteiger charge is -2.32. The fourth-order valence-corrected chi connectivity index (χ4v) is 4.05. The lowest BCUT2D eigenvalue weighted by atomic mass is 9.98. The van der Waals surface area contributed by atoms with Crippen molar-refractivity contribution in [2.45, 2.75) is 29.3 Å². The lowest BCUT2D eigenvalue weighted by Crippen LogP contribution is -2.57. The van der Waals surface area contributed by atoms with Crippen molar-refractivity contribution in [1.82, 2.24) is 0 Å². The van der Waals surface area contributed by atoms with Crippen molar-refractivity contribution in [3.05, 3.63) is 54.1 Å². The van der Waals surface area contributed by atoms with Gasteiger partial charge in [0.15, 0.2) is 0 Å². The van der Waals surface area contributed by atoms with Gasteiger partial charge in [0, 0.05) is 11.8 Å². The number of alkyl halides is 6. The number of esters is 1. The molecule has 13 heteroatoms. The standard InChI is InChI=1S/C20H14F6O6S/c21-19(22,23)18(28,20(24,25)26)9-10-32-17(27)14-5-2-4-13-12(14)8-7-11-3-1-6-15(16(11)13)33(29,30)31/h1-8,28H,9-10H2,(H,29,30,31). The quantitative estimate of drug-likeness (QED) is 0.231. The predicted octanol–water partition coefficient (Wildman–Crippen LogP) is 4.64. The Balaban J connectivity index is 1.98. The van der Waals surface area contributed by atoms with Crippen LogP contribution >= 0.6 is 0 Å². The maximum atomic E-state index is 12.8. The Bertz CT molecular complexity index is 1320. The number of hydrogen-bond donors (Lipinski definition) is 2. The van der Waals surface area contributed by atoms with Crippen LogP contribution in [0.25, 0.3) is 21.5 Å². The number of rotatable bonds is 5. The van der Waals surface area contributed by atoms with Gasteiger partial charge in [0.2, 0.25) is 0 Å². The molecule has 0 heterocycles. The van der Waals surface area contributed by atoms with Crippen LogP contribution in [0.4, 0.5) is 26.3 Å². The Hall–Kier alpha value is -2.90. The van der Waals surface area contributed by atoms with E-state index in [9.17, 15) is 44.1 Å². The minimum Gasteiger partial charge on any atom is -0.462 e. The van der Waals surface area contributed by atoms with Crippen molar-refractivity contribution in [3.8, 4) is 0 Å². The van der Waals surface area contributed by atoms with Gasteiger partial charge in [-0.2, -0.15) is 34.8 Å². The molecule has 3 aromatic rings. The van der Waals surface area contributed by atoms with Crippen LogP contribution in [-0.4, -0.2) is 48.6 Å². The fourth-order valence-electron chi connectivity index (χ4n) is 3.32. The minimum atomic E-state index is -6.05. The largest absolute Gasteiger partial charge is 0.462 e. The molecular weight excluding hydrogens is 482 g/mol. The van der Waals surface area contributed by atoms with Gasteiger partial charge in [-0.15, -0.1) is 0 Å². The average molecular weight is 496 g/mol. The molecule has 0 unspecified atom stereocenters. The van der Waals surface area contributed by atoms with E-state index in [0.717, 1.165) is 6.07 Å². The van der Waals surface area contributed by atoms with Crippen molar-refractivity contribution in [2.75, 3.05) is 6.61 Å². The topological polar surface area (TPSA) is 101 Å². The molecule has 0 aliphatic rings. The zero-order valence-corrected chi connectivity index (χ0v) is 17.1. The first-order chi connectivity index (χ1) is 15.1. The van der Waals surface area contributed by atoms with Crippen LogP contribution in [-0.2, 0) is 14.9 Å². The molecule has 33 heavy (non-hydrogen) atoms. The van der Waals surface area contributed by atoms with Gasteiger partial charge in [0.25, 0.3) is 15.7 Å². The molecule has 6 nitrogen and oxygen atoms in total. The van der Waals surface area contributed by atoms with Crippen LogP contribution < -0.4 is 0 Å². The van der Waals surface area contributed by atoms with Crippen molar-refractivity contribution >= 4 is 37.6 Å². The highest BCUT2D eigenvalue weighted by Gasteiger charge is 2.70. The van der Waals surface area contributed by atoms with Crippen LogP contribution in [0.2, 0.25) is 0 Å². The molecule has 0 radical (unpaired) electrons. The van der Waals surface area contributed by atoms with E-state index in [1.807, 2.05) is 0 Å². The van der Waals surface area contributed by atoms with E-state index in [2.05, 4.69) is 4.74 Å². The molecule has 0 saturated carbocycles. The van der Waals surface area contributed by atoms with Crippen molar-refractivity contribution in [1.29, 1.82) is 0 Å². The third kappa shape index (κ3) is 4.48. The van der Waals surface area contributed by atoms with Crippen LogP contribution in [0, 0.1) is 0 Å². The second-order valence-electron chi connectivity index (χ2n) is 7.04. The highest BCUT2D eigenvalue weighted by Crippen LogP contribution is 2.45. The van der Waals surface area contributed by atoms with Crippen LogP contribution in [0.15, 0.2) is 53.4 Å². The molecule has 0 saturated heterocycles. The van der Waals surface area contributed by atoms with Crippen LogP contribution in [0.3, 0.4) is 0 Å². The molecule has 0 aliphatic carbocycles. The number of halogens is 6. The summed E-state index contributed by atoms with van der Waals surface area (Å²) in [6, 6.07) is 10.7. The van der Waals surface area contributed by atoms with Crippen LogP contribution in [0.5, 0.6) is 0 Å². The zero-order chi connectivity index (χ0) is 24.8. The van der Waals surface area contributed by atoms with E-state index >= 15 is 0 Å². The maximum absolute atomic E-state index is 12.8. The van der Waals surface area contributed by atoms with E-state index in [-0.39, 0.29) is 21.7 Å². The summed E-state index contributed by atoms with van der Waals surface area (Å²) >= 11 is 0. The van der Waals surface area contributed by atoms with Gasteiger partial charge in [-0.1, -0.05) is 36.4 Å². The molecule has 3 aromatic carbocycles. The number of hydrogen-bond acceptors (Lipinski definition) is 5. The highest BCUT2D eigenvalue weighted by molar-refractivity contribution is 7.86. The SMILES string of the molecule is O=C(OCCC(O)(C(F)(F)F)C(F)(F)F)c1cccc2c1ccc1cccc(S(=O)(=O)O)c12. The summed E-state index contributed by atoms with van der Waals surface area (Å²) in [5.74, 6) is -1.30. The summed E-state index contributed by atoms with van der Waals surface area (Å²) in [7, 11) is -4.67. The molecule has 0 amide bonds. The van der Waals surface area contributed by atoms with Gasteiger partial charge in [0.05, 0.1) is 12.2 Å².